The van der Waals surface area contributed by atoms with E-state index < -0.39 is 0 Å². The van der Waals surface area contributed by atoms with Crippen LogP contribution in [0.25, 0.3) is 0 Å². The SMILES string of the molecule is CC(C)N1Cc2cc(C(C)(C)C)[nH]c2C1=O. The summed E-state index contributed by atoms with van der Waals surface area (Å²) in [5.41, 5.74) is 3.16. The van der Waals surface area contributed by atoms with Crippen LogP contribution < -0.4 is 0 Å². The molecule has 0 radical (unpaired) electrons. The van der Waals surface area contributed by atoms with Gasteiger partial charge in [-0.25, -0.2) is 0 Å². The number of nitrogens with zero attached hydrogens (tertiary/aromatic N) is 1. The van der Waals surface area contributed by atoms with Crippen molar-refractivity contribution in [2.45, 2.75) is 52.6 Å². The second kappa shape index (κ2) is 3.37. The molecular weight excluding hydrogens is 200 g/mol. The van der Waals surface area contributed by atoms with Gasteiger partial charge in [0.25, 0.3) is 5.91 Å². The highest BCUT2D eigenvalue weighted by Gasteiger charge is 2.32. The molecule has 1 aliphatic heterocycles. The maximum Gasteiger partial charge on any atom is 0.271 e. The second-order valence-electron chi connectivity index (χ2n) is 5.86. The molecule has 88 valence electrons. The Hall–Kier alpha value is -1.25. The molecule has 2 heterocycles. The van der Waals surface area contributed by atoms with Crippen molar-refractivity contribution in [2.75, 3.05) is 0 Å². The molecule has 0 aromatic carbocycles. The molecular formula is C13H20N2O. The average Bonchev–Trinajstić information content (AvgIpc) is 2.64. The van der Waals surface area contributed by atoms with E-state index in [2.05, 4.69) is 45.7 Å². The van der Waals surface area contributed by atoms with E-state index in [4.69, 9.17) is 0 Å². The van der Waals surface area contributed by atoms with Gasteiger partial charge in [-0.1, -0.05) is 20.8 Å². The molecule has 0 spiro atoms. The summed E-state index contributed by atoms with van der Waals surface area (Å²) in [6.07, 6.45) is 0. The number of fused-ring (bicyclic) bond motifs is 1. The van der Waals surface area contributed by atoms with E-state index >= 15 is 0 Å². The monoisotopic (exact) mass is 220 g/mol. The predicted molar refractivity (Wildman–Crippen MR) is 64.5 cm³/mol. The normalized spacial score (nSPS) is 16.1. The summed E-state index contributed by atoms with van der Waals surface area (Å²) >= 11 is 0. The minimum atomic E-state index is 0.0767. The van der Waals surface area contributed by atoms with Crippen molar-refractivity contribution in [3.63, 3.8) is 0 Å². The Kier molecular flexibility index (Phi) is 2.37. The van der Waals surface area contributed by atoms with Gasteiger partial charge in [0.2, 0.25) is 0 Å². The lowest BCUT2D eigenvalue weighted by Gasteiger charge is -2.21. The van der Waals surface area contributed by atoms with Crippen molar-refractivity contribution < 1.29 is 4.79 Å². The molecule has 1 N–H and O–H groups in total. The molecule has 0 atom stereocenters. The molecule has 0 saturated heterocycles. The van der Waals surface area contributed by atoms with Gasteiger partial charge >= 0.3 is 0 Å². The third kappa shape index (κ3) is 1.64. The predicted octanol–water partition coefficient (Wildman–Crippen LogP) is 2.68. The van der Waals surface area contributed by atoms with Gasteiger partial charge < -0.3 is 9.88 Å². The van der Waals surface area contributed by atoms with Crippen molar-refractivity contribution in [2.24, 2.45) is 0 Å². The van der Waals surface area contributed by atoms with Crippen molar-refractivity contribution in [1.29, 1.82) is 0 Å². The lowest BCUT2D eigenvalue weighted by Crippen LogP contribution is -2.31. The fraction of sp³-hybridized carbons (Fsp3) is 0.615. The highest BCUT2D eigenvalue weighted by atomic mass is 16.2. The van der Waals surface area contributed by atoms with Crippen LogP contribution in [0.4, 0.5) is 0 Å². The number of hydrogen-bond acceptors (Lipinski definition) is 1. The zero-order chi connectivity index (χ0) is 12.1. The Morgan fingerprint density at radius 3 is 2.44 bits per heavy atom. The molecule has 2 rings (SSSR count). The first-order chi connectivity index (χ1) is 7.30. The van der Waals surface area contributed by atoms with Gasteiger partial charge in [-0.2, -0.15) is 0 Å². The van der Waals surface area contributed by atoms with Crippen LogP contribution in [-0.4, -0.2) is 21.8 Å². The Labute approximate surface area is 96.8 Å². The van der Waals surface area contributed by atoms with Crippen LogP contribution in [-0.2, 0) is 12.0 Å². The molecule has 0 fully saturated rings. The number of nitrogens with one attached hydrogen (secondary N) is 1. The standard InChI is InChI=1S/C13H20N2O/c1-8(2)15-7-9-6-10(13(3,4)5)14-11(9)12(15)16/h6,8,14H,7H2,1-5H3. The van der Waals surface area contributed by atoms with Gasteiger partial charge in [-0.15, -0.1) is 0 Å². The zero-order valence-electron chi connectivity index (χ0n) is 10.7. The summed E-state index contributed by atoms with van der Waals surface area (Å²) in [5, 5.41) is 0. The maximum atomic E-state index is 12.1. The molecule has 3 heteroatoms. The highest BCUT2D eigenvalue weighted by molar-refractivity contribution is 5.97. The number of hydrogen-bond donors (Lipinski definition) is 1. The molecule has 1 amide bonds. The third-order valence-electron chi connectivity index (χ3n) is 3.15. The Balaban J connectivity index is 2.34. The zero-order valence-corrected chi connectivity index (χ0v) is 10.7. The number of carbonyl (C=O) groups is 1. The number of H-pyrrole nitrogens is 1. The van der Waals surface area contributed by atoms with Crippen molar-refractivity contribution in [3.05, 3.63) is 23.0 Å². The summed E-state index contributed by atoms with van der Waals surface area (Å²) in [6.45, 7) is 11.3. The Morgan fingerprint density at radius 2 is 2.00 bits per heavy atom. The van der Waals surface area contributed by atoms with Crippen LogP contribution in [0.1, 0.15) is 56.4 Å². The average molecular weight is 220 g/mol. The molecule has 16 heavy (non-hydrogen) atoms. The number of rotatable bonds is 1. The number of aromatic amines is 1. The van der Waals surface area contributed by atoms with E-state index in [1.807, 2.05) is 4.90 Å². The quantitative estimate of drug-likeness (QED) is 0.776. The summed E-state index contributed by atoms with van der Waals surface area (Å²) in [5.74, 6) is 0.139. The van der Waals surface area contributed by atoms with Gasteiger partial charge in [-0.05, 0) is 19.9 Å². The van der Waals surface area contributed by atoms with Gasteiger partial charge in [0.1, 0.15) is 5.69 Å². The van der Waals surface area contributed by atoms with Crippen LogP contribution in [0.5, 0.6) is 0 Å². The first kappa shape index (κ1) is 11.2. The van der Waals surface area contributed by atoms with Crippen molar-refractivity contribution >= 4 is 5.91 Å². The Bertz CT molecular complexity index is 424. The van der Waals surface area contributed by atoms with Crippen LogP contribution in [0.2, 0.25) is 0 Å². The molecule has 0 bridgehead atoms. The topological polar surface area (TPSA) is 36.1 Å². The number of carbonyl (C=O) groups excluding carboxylic acids is 1. The summed E-state index contributed by atoms with van der Waals surface area (Å²) in [7, 11) is 0. The van der Waals surface area contributed by atoms with E-state index in [9.17, 15) is 4.79 Å². The van der Waals surface area contributed by atoms with Crippen LogP contribution in [0, 0.1) is 0 Å². The van der Waals surface area contributed by atoms with E-state index in [0.717, 1.165) is 23.5 Å². The van der Waals surface area contributed by atoms with Crippen LogP contribution in [0.15, 0.2) is 6.07 Å². The highest BCUT2D eigenvalue weighted by Crippen LogP contribution is 2.30. The summed E-state index contributed by atoms with van der Waals surface area (Å²) in [4.78, 5) is 17.2. The number of amides is 1. The van der Waals surface area contributed by atoms with Gasteiger partial charge in [-0.3, -0.25) is 4.79 Å². The summed E-state index contributed by atoms with van der Waals surface area (Å²) in [6, 6.07) is 2.40. The molecule has 3 nitrogen and oxygen atoms in total. The molecule has 0 unspecified atom stereocenters. The molecule has 1 aromatic rings. The van der Waals surface area contributed by atoms with Crippen molar-refractivity contribution in [1.82, 2.24) is 9.88 Å². The molecule has 1 aromatic heterocycles. The minimum Gasteiger partial charge on any atom is -0.354 e. The van der Waals surface area contributed by atoms with E-state index in [1.165, 1.54) is 0 Å². The largest absolute Gasteiger partial charge is 0.354 e. The van der Waals surface area contributed by atoms with Gasteiger partial charge in [0.05, 0.1) is 0 Å². The Morgan fingerprint density at radius 1 is 1.38 bits per heavy atom. The van der Waals surface area contributed by atoms with Crippen LogP contribution >= 0.6 is 0 Å². The van der Waals surface area contributed by atoms with Gasteiger partial charge in [0.15, 0.2) is 0 Å². The first-order valence-corrected chi connectivity index (χ1v) is 5.84. The smallest absolute Gasteiger partial charge is 0.271 e. The number of aromatic nitrogens is 1. The molecule has 0 aliphatic carbocycles. The fourth-order valence-electron chi connectivity index (χ4n) is 2.03. The van der Waals surface area contributed by atoms with Gasteiger partial charge in [0, 0.05) is 29.3 Å². The van der Waals surface area contributed by atoms with Crippen molar-refractivity contribution in [3.8, 4) is 0 Å². The lowest BCUT2D eigenvalue weighted by atomic mass is 9.92. The van der Waals surface area contributed by atoms with Crippen LogP contribution in [0.3, 0.4) is 0 Å². The molecule has 1 aliphatic rings. The second-order valence-corrected chi connectivity index (χ2v) is 5.86. The molecule has 0 saturated carbocycles. The minimum absolute atomic E-state index is 0.0767. The van der Waals surface area contributed by atoms with E-state index in [0.29, 0.717) is 0 Å². The maximum absolute atomic E-state index is 12.1. The fourth-order valence-corrected chi connectivity index (χ4v) is 2.03. The third-order valence-corrected chi connectivity index (χ3v) is 3.15. The summed E-state index contributed by atoms with van der Waals surface area (Å²) < 4.78 is 0. The first-order valence-electron chi connectivity index (χ1n) is 5.84. The lowest BCUT2D eigenvalue weighted by molar-refractivity contribution is 0.0725. The van der Waals surface area contributed by atoms with E-state index in [1.54, 1.807) is 0 Å². The van der Waals surface area contributed by atoms with E-state index in [-0.39, 0.29) is 17.4 Å².